The first-order valence-electron chi connectivity index (χ1n) is 6.82. The maximum atomic E-state index is 13.5. The van der Waals surface area contributed by atoms with Gasteiger partial charge in [0.2, 0.25) is 5.91 Å². The van der Waals surface area contributed by atoms with E-state index < -0.39 is 23.1 Å². The molecule has 0 radical (unpaired) electrons. The summed E-state index contributed by atoms with van der Waals surface area (Å²) < 4.78 is 26.6. The molecule has 1 heterocycles. The summed E-state index contributed by atoms with van der Waals surface area (Å²) in [4.78, 5) is 24.8. The molecule has 0 aliphatic carbocycles. The van der Waals surface area contributed by atoms with Gasteiger partial charge in [-0.3, -0.25) is 4.79 Å². The standard InChI is InChI=1S/C15H17F2NO3/c1-15(14(20)21)7-2-8-18(15)13(19)6-3-10-9-11(16)4-5-12(10)17/h4-5,9H,2-3,6-8H2,1H3,(H,20,21). The van der Waals surface area contributed by atoms with E-state index in [1.807, 2.05) is 0 Å². The summed E-state index contributed by atoms with van der Waals surface area (Å²) in [6.07, 6.45) is 1.04. The highest BCUT2D eigenvalue weighted by atomic mass is 19.1. The Kier molecular flexibility index (Phi) is 4.25. The summed E-state index contributed by atoms with van der Waals surface area (Å²) >= 11 is 0. The van der Waals surface area contributed by atoms with E-state index in [9.17, 15) is 23.5 Å². The first kappa shape index (κ1) is 15.4. The number of carboxylic acid groups (broad SMARTS) is 1. The topological polar surface area (TPSA) is 57.6 Å². The summed E-state index contributed by atoms with van der Waals surface area (Å²) in [6, 6.07) is 3.10. The van der Waals surface area contributed by atoms with Gasteiger partial charge in [-0.25, -0.2) is 13.6 Å². The Morgan fingerprint density at radius 3 is 2.76 bits per heavy atom. The van der Waals surface area contributed by atoms with Crippen molar-refractivity contribution in [2.45, 2.75) is 38.1 Å². The van der Waals surface area contributed by atoms with Gasteiger partial charge < -0.3 is 10.0 Å². The largest absolute Gasteiger partial charge is 0.480 e. The molecule has 4 nitrogen and oxygen atoms in total. The average molecular weight is 297 g/mol. The third-order valence-electron chi connectivity index (χ3n) is 4.02. The number of halogens is 2. The maximum Gasteiger partial charge on any atom is 0.329 e. The van der Waals surface area contributed by atoms with Gasteiger partial charge in [0.15, 0.2) is 0 Å². The van der Waals surface area contributed by atoms with Crippen molar-refractivity contribution in [3.8, 4) is 0 Å². The second-order valence-electron chi connectivity index (χ2n) is 5.46. The van der Waals surface area contributed by atoms with Crippen LogP contribution in [0.25, 0.3) is 0 Å². The molecule has 1 unspecified atom stereocenters. The number of carbonyl (C=O) groups excluding carboxylic acids is 1. The smallest absolute Gasteiger partial charge is 0.329 e. The van der Waals surface area contributed by atoms with E-state index in [4.69, 9.17) is 0 Å². The number of rotatable bonds is 4. The minimum atomic E-state index is -1.20. The molecule has 1 N–H and O–H groups in total. The Morgan fingerprint density at radius 1 is 1.38 bits per heavy atom. The van der Waals surface area contributed by atoms with E-state index in [0.29, 0.717) is 19.4 Å². The van der Waals surface area contributed by atoms with Crippen LogP contribution in [0.2, 0.25) is 0 Å². The van der Waals surface area contributed by atoms with Crippen molar-refractivity contribution >= 4 is 11.9 Å². The number of aryl methyl sites for hydroxylation is 1. The second kappa shape index (κ2) is 5.79. The van der Waals surface area contributed by atoms with Crippen molar-refractivity contribution in [2.24, 2.45) is 0 Å². The van der Waals surface area contributed by atoms with Crippen LogP contribution in [0, 0.1) is 11.6 Å². The van der Waals surface area contributed by atoms with Crippen LogP contribution < -0.4 is 0 Å². The number of carbonyl (C=O) groups is 2. The predicted molar refractivity (Wildman–Crippen MR) is 71.7 cm³/mol. The van der Waals surface area contributed by atoms with Gasteiger partial charge in [0.05, 0.1) is 0 Å². The molecule has 1 saturated heterocycles. The van der Waals surface area contributed by atoms with Crippen LogP contribution >= 0.6 is 0 Å². The number of nitrogens with zero attached hydrogens (tertiary/aromatic N) is 1. The number of carboxylic acids is 1. The molecule has 114 valence electrons. The first-order chi connectivity index (χ1) is 9.84. The molecule has 0 saturated carbocycles. The van der Waals surface area contributed by atoms with Crippen molar-refractivity contribution in [2.75, 3.05) is 6.54 Å². The average Bonchev–Trinajstić information content (AvgIpc) is 2.83. The lowest BCUT2D eigenvalue weighted by molar-refractivity contribution is -0.155. The van der Waals surface area contributed by atoms with E-state index in [1.54, 1.807) is 0 Å². The third-order valence-corrected chi connectivity index (χ3v) is 4.02. The van der Waals surface area contributed by atoms with Gasteiger partial charge in [0.1, 0.15) is 17.2 Å². The SMILES string of the molecule is CC1(C(=O)O)CCCN1C(=O)CCc1cc(F)ccc1F. The summed E-state index contributed by atoms with van der Waals surface area (Å²) in [5.74, 6) is -2.51. The fourth-order valence-electron chi connectivity index (χ4n) is 2.70. The number of amides is 1. The van der Waals surface area contributed by atoms with Crippen LogP contribution in [0.4, 0.5) is 8.78 Å². The molecule has 0 spiro atoms. The zero-order valence-corrected chi connectivity index (χ0v) is 11.7. The van der Waals surface area contributed by atoms with E-state index in [1.165, 1.54) is 11.8 Å². The van der Waals surface area contributed by atoms with Crippen LogP contribution in [0.15, 0.2) is 18.2 Å². The molecule has 1 aliphatic heterocycles. The van der Waals surface area contributed by atoms with Gasteiger partial charge in [-0.1, -0.05) is 0 Å². The first-order valence-corrected chi connectivity index (χ1v) is 6.82. The zero-order valence-electron chi connectivity index (χ0n) is 11.7. The van der Waals surface area contributed by atoms with Crippen LogP contribution in [-0.4, -0.2) is 34.0 Å². The van der Waals surface area contributed by atoms with Crippen LogP contribution in [0.3, 0.4) is 0 Å². The Hall–Kier alpha value is -1.98. The summed E-state index contributed by atoms with van der Waals surface area (Å²) in [6.45, 7) is 1.90. The minimum Gasteiger partial charge on any atom is -0.480 e. The Morgan fingerprint density at radius 2 is 2.10 bits per heavy atom. The van der Waals surface area contributed by atoms with Crippen molar-refractivity contribution in [1.29, 1.82) is 0 Å². The molecule has 1 aromatic rings. The Bertz CT molecular complexity index is 576. The molecule has 21 heavy (non-hydrogen) atoms. The van der Waals surface area contributed by atoms with E-state index >= 15 is 0 Å². The van der Waals surface area contributed by atoms with Gasteiger partial charge in [-0.15, -0.1) is 0 Å². The van der Waals surface area contributed by atoms with Gasteiger partial charge in [0.25, 0.3) is 0 Å². The highest BCUT2D eigenvalue weighted by Crippen LogP contribution is 2.30. The van der Waals surface area contributed by atoms with Crippen molar-refractivity contribution in [3.63, 3.8) is 0 Å². The highest BCUT2D eigenvalue weighted by molar-refractivity contribution is 5.87. The molecule has 1 fully saturated rings. The molecule has 0 aromatic heterocycles. The molecule has 0 bridgehead atoms. The van der Waals surface area contributed by atoms with Crippen molar-refractivity contribution < 1.29 is 23.5 Å². The number of benzene rings is 1. The lowest BCUT2D eigenvalue weighted by Gasteiger charge is -2.31. The zero-order chi connectivity index (χ0) is 15.6. The van der Waals surface area contributed by atoms with Crippen molar-refractivity contribution in [3.05, 3.63) is 35.4 Å². The van der Waals surface area contributed by atoms with E-state index in [-0.39, 0.29) is 24.3 Å². The third kappa shape index (κ3) is 3.04. The molecule has 1 aliphatic rings. The molecular weight excluding hydrogens is 280 g/mol. The quantitative estimate of drug-likeness (QED) is 0.928. The van der Waals surface area contributed by atoms with Gasteiger partial charge >= 0.3 is 5.97 Å². The predicted octanol–water partition coefficient (Wildman–Crippen LogP) is 2.36. The highest BCUT2D eigenvalue weighted by Gasteiger charge is 2.45. The van der Waals surface area contributed by atoms with Crippen LogP contribution in [0.1, 0.15) is 31.7 Å². The summed E-state index contributed by atoms with van der Waals surface area (Å²) in [5.41, 5.74) is -1.07. The van der Waals surface area contributed by atoms with Crippen LogP contribution in [-0.2, 0) is 16.0 Å². The number of hydrogen-bond acceptors (Lipinski definition) is 2. The van der Waals surface area contributed by atoms with Crippen LogP contribution in [0.5, 0.6) is 0 Å². The number of aliphatic carboxylic acids is 1. The molecular formula is C15H17F2NO3. The van der Waals surface area contributed by atoms with Gasteiger partial charge in [-0.2, -0.15) is 0 Å². The lowest BCUT2D eigenvalue weighted by Crippen LogP contribution is -2.50. The Labute approximate surface area is 121 Å². The molecule has 1 aromatic carbocycles. The van der Waals surface area contributed by atoms with E-state index in [2.05, 4.69) is 0 Å². The maximum absolute atomic E-state index is 13.5. The fraction of sp³-hybridized carbons (Fsp3) is 0.467. The Balaban J connectivity index is 2.05. The fourth-order valence-corrected chi connectivity index (χ4v) is 2.70. The summed E-state index contributed by atoms with van der Waals surface area (Å²) in [7, 11) is 0. The molecule has 6 heteroatoms. The van der Waals surface area contributed by atoms with E-state index in [0.717, 1.165) is 18.2 Å². The van der Waals surface area contributed by atoms with Gasteiger partial charge in [0, 0.05) is 13.0 Å². The molecule has 1 amide bonds. The molecule has 2 rings (SSSR count). The monoisotopic (exact) mass is 297 g/mol. The number of hydrogen-bond donors (Lipinski definition) is 1. The summed E-state index contributed by atoms with van der Waals surface area (Å²) in [5, 5.41) is 9.25. The van der Waals surface area contributed by atoms with Crippen molar-refractivity contribution in [1.82, 2.24) is 4.90 Å². The lowest BCUT2D eigenvalue weighted by atomic mass is 9.98. The minimum absolute atomic E-state index is 0.0384. The number of likely N-dealkylation sites (tertiary alicyclic amines) is 1. The molecule has 1 atom stereocenters. The second-order valence-corrected chi connectivity index (χ2v) is 5.46. The van der Waals surface area contributed by atoms with Gasteiger partial charge in [-0.05, 0) is 49.9 Å². The normalized spacial score (nSPS) is 21.6.